The van der Waals surface area contributed by atoms with Crippen LogP contribution in [-0.2, 0) is 0 Å². The monoisotopic (exact) mass is 394 g/mol. The normalized spacial score (nSPS) is 10.2. The number of aryl methyl sites for hydroxylation is 1. The van der Waals surface area contributed by atoms with Crippen molar-refractivity contribution in [3.05, 3.63) is 59.9 Å². The summed E-state index contributed by atoms with van der Waals surface area (Å²) in [6, 6.07) is 12.5. The van der Waals surface area contributed by atoms with Gasteiger partial charge in [0.1, 0.15) is 23.5 Å². The molecule has 0 aliphatic carbocycles. The van der Waals surface area contributed by atoms with Gasteiger partial charge in [-0.05, 0) is 31.2 Å². The summed E-state index contributed by atoms with van der Waals surface area (Å²) in [5.74, 6) is 1.52. The maximum Gasteiger partial charge on any atom is 0.269 e. The molecule has 1 aromatic heterocycles. The fraction of sp³-hybridized carbons (Fsp3) is 0.150. The maximum absolute atomic E-state index is 12.3. The lowest BCUT2D eigenvalue weighted by Crippen LogP contribution is -2.30. The Bertz CT molecular complexity index is 1010. The summed E-state index contributed by atoms with van der Waals surface area (Å²) in [6.45, 7) is 1.95. The third-order valence-electron chi connectivity index (χ3n) is 4.15. The molecule has 5 N–H and O–H groups in total. The lowest BCUT2D eigenvalue weighted by molar-refractivity contribution is 0.0962. The van der Waals surface area contributed by atoms with Crippen LogP contribution in [-0.4, -0.2) is 30.1 Å². The highest BCUT2D eigenvalue weighted by Crippen LogP contribution is 2.33. The summed E-state index contributed by atoms with van der Waals surface area (Å²) in [4.78, 5) is 20.5. The van der Waals surface area contributed by atoms with E-state index in [1.54, 1.807) is 44.6 Å². The average molecular weight is 394 g/mol. The van der Waals surface area contributed by atoms with E-state index in [1.165, 1.54) is 6.33 Å². The van der Waals surface area contributed by atoms with E-state index in [0.717, 1.165) is 5.56 Å². The summed E-state index contributed by atoms with van der Waals surface area (Å²) in [5.41, 5.74) is 13.9. The Kier molecular flexibility index (Phi) is 5.98. The first-order valence-electron chi connectivity index (χ1n) is 8.74. The molecule has 0 bridgehead atoms. The number of anilines is 4. The Labute approximate surface area is 168 Å². The van der Waals surface area contributed by atoms with Gasteiger partial charge in [-0.3, -0.25) is 15.6 Å². The molecule has 0 unspecified atom stereocenters. The molecule has 9 nitrogen and oxygen atoms in total. The van der Waals surface area contributed by atoms with E-state index in [-0.39, 0.29) is 17.4 Å². The number of ether oxygens (including phenoxy) is 2. The van der Waals surface area contributed by atoms with Crippen molar-refractivity contribution >= 4 is 28.9 Å². The van der Waals surface area contributed by atoms with Crippen molar-refractivity contribution in [2.45, 2.75) is 6.92 Å². The number of carbonyl (C=O) groups is 1. The van der Waals surface area contributed by atoms with Crippen molar-refractivity contribution in [2.75, 3.05) is 30.7 Å². The third kappa shape index (κ3) is 4.64. The van der Waals surface area contributed by atoms with E-state index in [1.807, 2.05) is 19.1 Å². The van der Waals surface area contributed by atoms with E-state index in [9.17, 15) is 4.79 Å². The first-order chi connectivity index (χ1) is 14.0. The molecule has 0 aliphatic heterocycles. The van der Waals surface area contributed by atoms with Gasteiger partial charge in [0.2, 0.25) is 0 Å². The Morgan fingerprint density at radius 3 is 2.41 bits per heavy atom. The number of nitrogen functional groups attached to an aromatic ring is 1. The number of amides is 1. The van der Waals surface area contributed by atoms with Crippen LogP contribution in [0.15, 0.2) is 48.8 Å². The number of hydrogen-bond donors (Lipinski definition) is 4. The van der Waals surface area contributed by atoms with Crippen molar-refractivity contribution in [3.8, 4) is 11.5 Å². The minimum absolute atomic E-state index is 0.231. The number of nitrogens with zero attached hydrogens (tertiary/aromatic N) is 2. The molecule has 1 amide bonds. The standard InChI is InChI=1S/C20H22N6O3/c1-12-4-6-13(7-5-12)20(27)26-25-19-17(21)18(22-11-23-19)24-15-9-8-14(28-2)10-16(15)29-3/h4-11H,21H2,1-3H3,(H,26,27)(H2,22,23,24,25). The van der Waals surface area contributed by atoms with Gasteiger partial charge in [-0.1, -0.05) is 17.7 Å². The van der Waals surface area contributed by atoms with Gasteiger partial charge >= 0.3 is 0 Å². The van der Waals surface area contributed by atoms with E-state index in [2.05, 4.69) is 26.1 Å². The van der Waals surface area contributed by atoms with E-state index in [0.29, 0.717) is 28.6 Å². The van der Waals surface area contributed by atoms with Gasteiger partial charge in [0.05, 0.1) is 19.9 Å². The molecular weight excluding hydrogens is 372 g/mol. The molecule has 0 radical (unpaired) electrons. The highest BCUT2D eigenvalue weighted by atomic mass is 16.5. The van der Waals surface area contributed by atoms with E-state index >= 15 is 0 Å². The first kappa shape index (κ1) is 19.7. The van der Waals surface area contributed by atoms with E-state index < -0.39 is 0 Å². The number of hydrazine groups is 1. The summed E-state index contributed by atoms with van der Waals surface area (Å²) in [7, 11) is 3.13. The second kappa shape index (κ2) is 8.79. The number of aromatic nitrogens is 2. The number of carbonyl (C=O) groups excluding carboxylic acids is 1. The average Bonchev–Trinajstić information content (AvgIpc) is 2.74. The number of rotatable bonds is 7. The minimum atomic E-state index is -0.311. The molecule has 0 spiro atoms. The number of nitrogens with two attached hydrogens (primary N) is 1. The lowest BCUT2D eigenvalue weighted by Gasteiger charge is -2.15. The summed E-state index contributed by atoms with van der Waals surface area (Å²) >= 11 is 0. The molecule has 29 heavy (non-hydrogen) atoms. The number of hydrogen-bond acceptors (Lipinski definition) is 8. The summed E-state index contributed by atoms with van der Waals surface area (Å²) < 4.78 is 10.6. The third-order valence-corrected chi connectivity index (χ3v) is 4.15. The quantitative estimate of drug-likeness (QED) is 0.451. The Morgan fingerprint density at radius 1 is 1.00 bits per heavy atom. The van der Waals surface area contributed by atoms with Crippen LogP contribution in [0.3, 0.4) is 0 Å². The Balaban J connectivity index is 1.74. The van der Waals surface area contributed by atoms with Gasteiger partial charge in [-0.2, -0.15) is 0 Å². The molecule has 0 atom stereocenters. The van der Waals surface area contributed by atoms with Crippen molar-refractivity contribution in [3.63, 3.8) is 0 Å². The number of benzene rings is 2. The van der Waals surface area contributed by atoms with Crippen LogP contribution in [0.1, 0.15) is 15.9 Å². The van der Waals surface area contributed by atoms with Gasteiger partial charge in [-0.15, -0.1) is 0 Å². The zero-order valence-electron chi connectivity index (χ0n) is 16.3. The number of nitrogens with one attached hydrogen (secondary N) is 3. The highest BCUT2D eigenvalue weighted by Gasteiger charge is 2.13. The molecule has 150 valence electrons. The molecule has 0 saturated heterocycles. The smallest absolute Gasteiger partial charge is 0.269 e. The summed E-state index contributed by atoms with van der Waals surface area (Å²) in [6.07, 6.45) is 1.33. The van der Waals surface area contributed by atoms with Gasteiger partial charge in [0, 0.05) is 11.6 Å². The van der Waals surface area contributed by atoms with Crippen LogP contribution in [0.4, 0.5) is 23.0 Å². The van der Waals surface area contributed by atoms with Crippen LogP contribution in [0.2, 0.25) is 0 Å². The molecule has 0 aliphatic rings. The molecule has 2 aromatic carbocycles. The van der Waals surface area contributed by atoms with Gasteiger partial charge < -0.3 is 20.5 Å². The predicted molar refractivity (Wildman–Crippen MR) is 112 cm³/mol. The van der Waals surface area contributed by atoms with Crippen LogP contribution in [0.25, 0.3) is 0 Å². The van der Waals surface area contributed by atoms with Crippen LogP contribution < -0.4 is 31.4 Å². The maximum atomic E-state index is 12.3. The number of methoxy groups -OCH3 is 2. The highest BCUT2D eigenvalue weighted by molar-refractivity contribution is 5.95. The summed E-state index contributed by atoms with van der Waals surface area (Å²) in [5, 5.41) is 3.10. The molecule has 3 rings (SSSR count). The van der Waals surface area contributed by atoms with Crippen LogP contribution >= 0.6 is 0 Å². The molecule has 0 saturated carbocycles. The van der Waals surface area contributed by atoms with Crippen molar-refractivity contribution in [2.24, 2.45) is 0 Å². The molecule has 3 aromatic rings. The Morgan fingerprint density at radius 2 is 1.72 bits per heavy atom. The van der Waals surface area contributed by atoms with Crippen molar-refractivity contribution in [1.82, 2.24) is 15.4 Å². The lowest BCUT2D eigenvalue weighted by atomic mass is 10.1. The largest absolute Gasteiger partial charge is 0.497 e. The zero-order chi connectivity index (χ0) is 20.8. The molecule has 1 heterocycles. The van der Waals surface area contributed by atoms with Gasteiger partial charge in [0.25, 0.3) is 5.91 Å². The second-order valence-corrected chi connectivity index (χ2v) is 6.12. The van der Waals surface area contributed by atoms with E-state index in [4.69, 9.17) is 15.2 Å². The SMILES string of the molecule is COc1ccc(Nc2ncnc(NNC(=O)c3ccc(C)cc3)c2N)c(OC)c1. The fourth-order valence-electron chi connectivity index (χ4n) is 2.52. The van der Waals surface area contributed by atoms with Gasteiger partial charge in [-0.25, -0.2) is 9.97 Å². The van der Waals surface area contributed by atoms with Crippen molar-refractivity contribution in [1.29, 1.82) is 0 Å². The first-order valence-corrected chi connectivity index (χ1v) is 8.74. The minimum Gasteiger partial charge on any atom is -0.497 e. The molecule has 9 heteroatoms. The zero-order valence-corrected chi connectivity index (χ0v) is 16.3. The van der Waals surface area contributed by atoms with Crippen molar-refractivity contribution < 1.29 is 14.3 Å². The molecular formula is C20H22N6O3. The predicted octanol–water partition coefficient (Wildman–Crippen LogP) is 2.88. The van der Waals surface area contributed by atoms with Crippen LogP contribution in [0.5, 0.6) is 11.5 Å². The second-order valence-electron chi connectivity index (χ2n) is 6.12. The Hall–Kier alpha value is -4.01. The van der Waals surface area contributed by atoms with Gasteiger partial charge in [0.15, 0.2) is 11.6 Å². The topological polar surface area (TPSA) is 123 Å². The van der Waals surface area contributed by atoms with Crippen LogP contribution in [0, 0.1) is 6.92 Å². The molecule has 0 fully saturated rings. The fourth-order valence-corrected chi connectivity index (χ4v) is 2.52.